The van der Waals surface area contributed by atoms with Gasteiger partial charge in [-0.2, -0.15) is 0 Å². The monoisotopic (exact) mass is 302 g/mol. The molecule has 2 aromatic rings. The highest BCUT2D eigenvalue weighted by Crippen LogP contribution is 2.31. The van der Waals surface area contributed by atoms with Crippen LogP contribution in [0.15, 0.2) is 36.4 Å². The lowest BCUT2D eigenvalue weighted by Crippen LogP contribution is -2.18. The third-order valence-electron chi connectivity index (χ3n) is 3.44. The summed E-state index contributed by atoms with van der Waals surface area (Å²) >= 11 is 5.96. The zero-order chi connectivity index (χ0) is 14.8. The number of nitrogens with one attached hydrogen (secondary N) is 1. The van der Waals surface area contributed by atoms with Crippen LogP contribution in [0.4, 0.5) is 5.69 Å². The lowest BCUT2D eigenvalue weighted by molar-refractivity contribution is -0.116. The molecule has 4 nitrogen and oxygen atoms in total. The molecule has 21 heavy (non-hydrogen) atoms. The van der Waals surface area contributed by atoms with Crippen molar-refractivity contribution < 1.29 is 9.53 Å². The summed E-state index contributed by atoms with van der Waals surface area (Å²) in [5.41, 5.74) is 8.50. The van der Waals surface area contributed by atoms with E-state index in [2.05, 4.69) is 5.32 Å². The Balaban J connectivity index is 1.87. The molecule has 2 aromatic carbocycles. The van der Waals surface area contributed by atoms with Gasteiger partial charge >= 0.3 is 0 Å². The van der Waals surface area contributed by atoms with Crippen molar-refractivity contribution >= 4 is 23.2 Å². The van der Waals surface area contributed by atoms with Gasteiger partial charge in [-0.05, 0) is 48.4 Å². The van der Waals surface area contributed by atoms with Crippen molar-refractivity contribution in [1.82, 2.24) is 0 Å². The van der Waals surface area contributed by atoms with Crippen molar-refractivity contribution in [2.45, 2.75) is 19.4 Å². The molecule has 0 saturated heterocycles. The average molecular weight is 303 g/mol. The fraction of sp³-hybridized carbons (Fsp3) is 0.188. The van der Waals surface area contributed by atoms with Crippen molar-refractivity contribution in [3.8, 4) is 11.5 Å². The third kappa shape index (κ3) is 3.01. The first-order valence-corrected chi connectivity index (χ1v) is 7.12. The zero-order valence-electron chi connectivity index (χ0n) is 11.4. The Morgan fingerprint density at radius 2 is 2.05 bits per heavy atom. The largest absolute Gasteiger partial charge is 0.457 e. The summed E-state index contributed by atoms with van der Waals surface area (Å²) in [6.45, 7) is 0.358. The van der Waals surface area contributed by atoms with Crippen LogP contribution in [0.25, 0.3) is 0 Å². The number of benzene rings is 2. The van der Waals surface area contributed by atoms with Crippen molar-refractivity contribution in [3.05, 3.63) is 52.5 Å². The minimum atomic E-state index is 0.0549. The molecular weight excluding hydrogens is 288 g/mol. The lowest BCUT2D eigenvalue weighted by Gasteiger charge is -2.18. The summed E-state index contributed by atoms with van der Waals surface area (Å²) in [5, 5.41) is 3.48. The minimum absolute atomic E-state index is 0.0549. The maximum atomic E-state index is 11.3. The maximum Gasteiger partial charge on any atom is 0.224 e. The van der Waals surface area contributed by atoms with Crippen molar-refractivity contribution in [2.24, 2.45) is 5.73 Å². The van der Waals surface area contributed by atoms with Gasteiger partial charge in [0.2, 0.25) is 5.91 Å². The Morgan fingerprint density at radius 3 is 2.86 bits per heavy atom. The van der Waals surface area contributed by atoms with Gasteiger partial charge in [-0.3, -0.25) is 4.79 Å². The van der Waals surface area contributed by atoms with E-state index >= 15 is 0 Å². The number of carbonyl (C=O) groups excluding carboxylic acids is 1. The SMILES string of the molecule is NCc1cc(Cl)ccc1Oc1ccc2c(c1)CCC(=O)N2. The van der Waals surface area contributed by atoms with E-state index in [1.54, 1.807) is 12.1 Å². The van der Waals surface area contributed by atoms with E-state index in [9.17, 15) is 4.79 Å². The van der Waals surface area contributed by atoms with E-state index in [0.29, 0.717) is 23.7 Å². The van der Waals surface area contributed by atoms with Gasteiger partial charge in [-0.1, -0.05) is 11.6 Å². The summed E-state index contributed by atoms with van der Waals surface area (Å²) in [6, 6.07) is 11.0. The summed E-state index contributed by atoms with van der Waals surface area (Å²) in [7, 11) is 0. The number of hydrogen-bond acceptors (Lipinski definition) is 3. The topological polar surface area (TPSA) is 64.3 Å². The molecule has 1 aliphatic rings. The average Bonchev–Trinajstić information content (AvgIpc) is 2.49. The van der Waals surface area contributed by atoms with Gasteiger partial charge in [0, 0.05) is 29.2 Å². The molecule has 0 unspecified atom stereocenters. The Labute approximate surface area is 127 Å². The molecule has 0 radical (unpaired) electrons. The summed E-state index contributed by atoms with van der Waals surface area (Å²) in [4.78, 5) is 11.3. The van der Waals surface area contributed by atoms with Gasteiger partial charge in [0.25, 0.3) is 0 Å². The van der Waals surface area contributed by atoms with Crippen LogP contribution in [0.5, 0.6) is 11.5 Å². The highest BCUT2D eigenvalue weighted by molar-refractivity contribution is 6.30. The number of rotatable bonds is 3. The molecule has 1 aliphatic heterocycles. The molecule has 108 valence electrons. The number of amides is 1. The zero-order valence-corrected chi connectivity index (χ0v) is 12.1. The fourth-order valence-corrected chi connectivity index (χ4v) is 2.55. The van der Waals surface area contributed by atoms with Gasteiger partial charge in [0.15, 0.2) is 0 Å². The van der Waals surface area contributed by atoms with E-state index in [4.69, 9.17) is 22.1 Å². The Kier molecular flexibility index (Phi) is 3.82. The van der Waals surface area contributed by atoms with Crippen LogP contribution in [0.2, 0.25) is 5.02 Å². The molecule has 0 fully saturated rings. The molecule has 1 amide bonds. The van der Waals surface area contributed by atoms with Crippen molar-refractivity contribution in [3.63, 3.8) is 0 Å². The van der Waals surface area contributed by atoms with Crippen molar-refractivity contribution in [1.29, 1.82) is 0 Å². The van der Waals surface area contributed by atoms with Gasteiger partial charge in [0.1, 0.15) is 11.5 Å². The number of aryl methyl sites for hydroxylation is 1. The van der Waals surface area contributed by atoms with Crippen LogP contribution in [0, 0.1) is 0 Å². The van der Waals surface area contributed by atoms with Crippen LogP contribution in [0.1, 0.15) is 17.5 Å². The highest BCUT2D eigenvalue weighted by atomic mass is 35.5. The number of ether oxygens (including phenoxy) is 1. The molecule has 3 N–H and O–H groups in total. The number of halogens is 1. The van der Waals surface area contributed by atoms with E-state index in [1.165, 1.54) is 0 Å². The van der Waals surface area contributed by atoms with Crippen LogP contribution < -0.4 is 15.8 Å². The normalized spacial score (nSPS) is 13.5. The van der Waals surface area contributed by atoms with Gasteiger partial charge in [0.05, 0.1) is 0 Å². The summed E-state index contributed by atoms with van der Waals surface area (Å²) in [5.74, 6) is 1.47. The summed E-state index contributed by atoms with van der Waals surface area (Å²) in [6.07, 6.45) is 1.23. The maximum absolute atomic E-state index is 11.3. The Hall–Kier alpha value is -2.04. The molecule has 5 heteroatoms. The first-order chi connectivity index (χ1) is 10.2. The second kappa shape index (κ2) is 5.76. The van der Waals surface area contributed by atoms with Crippen LogP contribution in [-0.2, 0) is 17.8 Å². The van der Waals surface area contributed by atoms with E-state index in [1.807, 2.05) is 24.3 Å². The Bertz CT molecular complexity index is 701. The molecule has 0 aliphatic carbocycles. The molecule has 0 spiro atoms. The molecule has 0 bridgehead atoms. The van der Waals surface area contributed by atoms with E-state index in [-0.39, 0.29) is 5.91 Å². The number of fused-ring (bicyclic) bond motifs is 1. The number of hydrogen-bond donors (Lipinski definition) is 2. The predicted molar refractivity (Wildman–Crippen MR) is 82.8 cm³/mol. The third-order valence-corrected chi connectivity index (χ3v) is 3.68. The van der Waals surface area contributed by atoms with E-state index < -0.39 is 0 Å². The fourth-order valence-electron chi connectivity index (χ4n) is 2.36. The van der Waals surface area contributed by atoms with Crippen LogP contribution >= 0.6 is 11.6 Å². The smallest absolute Gasteiger partial charge is 0.224 e. The van der Waals surface area contributed by atoms with Crippen LogP contribution in [0.3, 0.4) is 0 Å². The number of carbonyl (C=O) groups is 1. The standard InChI is InChI=1S/C16H15ClN2O2/c17-12-2-5-15(11(7-12)9-18)21-13-3-4-14-10(8-13)1-6-16(20)19-14/h2-5,7-8H,1,6,9,18H2,(H,19,20). The molecule has 3 rings (SSSR count). The first kappa shape index (κ1) is 13.9. The molecular formula is C16H15ClN2O2. The first-order valence-electron chi connectivity index (χ1n) is 6.75. The van der Waals surface area contributed by atoms with E-state index in [0.717, 1.165) is 29.0 Å². The molecule has 0 aromatic heterocycles. The number of anilines is 1. The predicted octanol–water partition coefficient (Wildman–Crippen LogP) is 3.48. The minimum Gasteiger partial charge on any atom is -0.457 e. The highest BCUT2D eigenvalue weighted by Gasteiger charge is 2.15. The molecule has 0 atom stereocenters. The van der Waals surface area contributed by atoms with Crippen LogP contribution in [-0.4, -0.2) is 5.91 Å². The Morgan fingerprint density at radius 1 is 1.19 bits per heavy atom. The molecule has 0 saturated carbocycles. The number of nitrogens with two attached hydrogens (primary N) is 1. The van der Waals surface area contributed by atoms with Crippen molar-refractivity contribution in [2.75, 3.05) is 5.32 Å². The van der Waals surface area contributed by atoms with Gasteiger partial charge in [-0.15, -0.1) is 0 Å². The van der Waals surface area contributed by atoms with Gasteiger partial charge < -0.3 is 15.8 Å². The second-order valence-electron chi connectivity index (χ2n) is 4.93. The van der Waals surface area contributed by atoms with Gasteiger partial charge in [-0.25, -0.2) is 0 Å². The quantitative estimate of drug-likeness (QED) is 0.912. The lowest BCUT2D eigenvalue weighted by atomic mass is 10.0. The second-order valence-corrected chi connectivity index (χ2v) is 5.36. The molecule has 1 heterocycles. The summed E-state index contributed by atoms with van der Waals surface area (Å²) < 4.78 is 5.90.